The number of amides is 1. The Labute approximate surface area is 231 Å². The van der Waals surface area contributed by atoms with Crippen molar-refractivity contribution in [1.82, 2.24) is 20.0 Å². The highest BCUT2D eigenvalue weighted by Gasteiger charge is 2.28. The maximum absolute atomic E-state index is 13.1. The fourth-order valence-electron chi connectivity index (χ4n) is 4.05. The Morgan fingerprint density at radius 3 is 2.60 bits per heavy atom. The van der Waals surface area contributed by atoms with E-state index >= 15 is 0 Å². The molecule has 0 atom stereocenters. The number of carbonyl (C=O) groups excluding carboxylic acids is 1. The second-order valence-electron chi connectivity index (χ2n) is 8.66. The van der Waals surface area contributed by atoms with Gasteiger partial charge in [0, 0.05) is 11.6 Å². The summed E-state index contributed by atoms with van der Waals surface area (Å²) in [5, 5.41) is 24.4. The molecule has 1 fully saturated rings. The van der Waals surface area contributed by atoms with Gasteiger partial charge in [-0.05, 0) is 31.0 Å². The number of nitrogens with two attached hydrogens (primary N) is 1. The van der Waals surface area contributed by atoms with Gasteiger partial charge in [-0.1, -0.05) is 17.4 Å². The van der Waals surface area contributed by atoms with Gasteiger partial charge in [-0.25, -0.2) is 4.79 Å². The first-order valence-electron chi connectivity index (χ1n) is 12.1. The Hall–Kier alpha value is -4.47. The highest BCUT2D eigenvalue weighted by Crippen LogP contribution is 2.42. The van der Waals surface area contributed by atoms with E-state index in [1.54, 1.807) is 24.3 Å². The zero-order valence-electron chi connectivity index (χ0n) is 21.5. The molecular weight excluding hydrogens is 544 g/mol. The third kappa shape index (κ3) is 5.61. The van der Waals surface area contributed by atoms with Gasteiger partial charge in [0.25, 0.3) is 5.91 Å². The molecule has 0 saturated heterocycles. The molecule has 4 N–H and O–H groups in total. The molecule has 0 spiro atoms. The number of aliphatic hydroxyl groups is 1. The van der Waals surface area contributed by atoms with Crippen LogP contribution >= 0.6 is 11.3 Å². The lowest BCUT2D eigenvalue weighted by atomic mass is 9.92. The molecule has 0 radical (unpaired) electrons. The second-order valence-corrected chi connectivity index (χ2v) is 9.61. The summed E-state index contributed by atoms with van der Waals surface area (Å²) in [6.45, 7) is 0.208. The van der Waals surface area contributed by atoms with Gasteiger partial charge in [0.15, 0.2) is 5.76 Å². The zero-order valence-corrected chi connectivity index (χ0v) is 22.3. The van der Waals surface area contributed by atoms with Crippen molar-refractivity contribution in [3.8, 4) is 33.5 Å². The molecular formula is C25H26N6O8S. The third-order valence-corrected chi connectivity index (χ3v) is 6.88. The summed E-state index contributed by atoms with van der Waals surface area (Å²) < 4.78 is 29.2. The van der Waals surface area contributed by atoms with Crippen molar-refractivity contribution < 1.29 is 33.3 Å². The summed E-state index contributed by atoms with van der Waals surface area (Å²) in [4.78, 5) is 26.3. The van der Waals surface area contributed by atoms with E-state index in [2.05, 4.69) is 20.6 Å². The summed E-state index contributed by atoms with van der Waals surface area (Å²) in [7, 11) is 2.94. The Morgan fingerprint density at radius 1 is 1.20 bits per heavy atom. The first-order valence-corrected chi connectivity index (χ1v) is 13.0. The standard InChI is InChI=1S/C25H26N6O8S/c1-35-16-4-3-5-17(36-2)20(16)15-12-18(39-23(34)21(15)38-9-8-37-14-10-13(32)11-14)22(33)28-24-29-30-25(40-24)31-19(26)6-7-27-31/h3-7,12-14,32H,8-11,26H2,1-2H3,(H,28,29,33). The van der Waals surface area contributed by atoms with Crippen molar-refractivity contribution in [1.29, 1.82) is 0 Å². The molecule has 3 aromatic heterocycles. The van der Waals surface area contributed by atoms with Crippen LogP contribution in [0, 0.1) is 0 Å². The summed E-state index contributed by atoms with van der Waals surface area (Å²) in [6, 6.07) is 8.05. The van der Waals surface area contributed by atoms with Crippen LogP contribution in [0.15, 0.2) is 45.7 Å². The van der Waals surface area contributed by atoms with Gasteiger partial charge in [-0.3, -0.25) is 10.1 Å². The van der Waals surface area contributed by atoms with Crippen LogP contribution in [-0.2, 0) is 4.74 Å². The Balaban J connectivity index is 1.44. The number of aliphatic hydroxyl groups excluding tert-OH is 1. The van der Waals surface area contributed by atoms with Crippen molar-refractivity contribution in [2.75, 3.05) is 38.5 Å². The van der Waals surface area contributed by atoms with Crippen LogP contribution in [0.25, 0.3) is 16.3 Å². The Bertz CT molecular complexity index is 1540. The van der Waals surface area contributed by atoms with E-state index in [1.807, 2.05) is 0 Å². The van der Waals surface area contributed by atoms with Crippen molar-refractivity contribution in [2.24, 2.45) is 0 Å². The normalized spacial score (nSPS) is 16.3. The maximum Gasteiger partial charge on any atom is 0.379 e. The quantitative estimate of drug-likeness (QED) is 0.223. The highest BCUT2D eigenvalue weighted by atomic mass is 32.1. The number of ether oxygens (including phenoxy) is 4. The first kappa shape index (κ1) is 27.1. The van der Waals surface area contributed by atoms with Gasteiger partial charge in [-0.2, -0.15) is 9.78 Å². The van der Waals surface area contributed by atoms with E-state index < -0.39 is 11.5 Å². The smallest absolute Gasteiger partial charge is 0.379 e. The van der Waals surface area contributed by atoms with Crippen molar-refractivity contribution in [3.05, 3.63) is 52.7 Å². The lowest BCUT2D eigenvalue weighted by Crippen LogP contribution is -2.36. The van der Waals surface area contributed by atoms with E-state index in [0.717, 1.165) is 11.3 Å². The van der Waals surface area contributed by atoms with Gasteiger partial charge in [0.2, 0.25) is 16.0 Å². The maximum atomic E-state index is 13.1. The molecule has 1 saturated carbocycles. The average Bonchev–Trinajstić information content (AvgIpc) is 3.58. The average molecular weight is 571 g/mol. The summed E-state index contributed by atoms with van der Waals surface area (Å²) in [6.07, 6.45) is 2.21. The molecule has 0 unspecified atom stereocenters. The predicted molar refractivity (Wildman–Crippen MR) is 143 cm³/mol. The molecule has 210 valence electrons. The molecule has 14 nitrogen and oxygen atoms in total. The molecule has 15 heteroatoms. The van der Waals surface area contributed by atoms with E-state index in [0.29, 0.717) is 40.9 Å². The summed E-state index contributed by atoms with van der Waals surface area (Å²) >= 11 is 1.02. The fourth-order valence-corrected chi connectivity index (χ4v) is 4.77. The molecule has 1 amide bonds. The number of benzene rings is 1. The van der Waals surface area contributed by atoms with Crippen LogP contribution < -0.4 is 30.9 Å². The zero-order chi connectivity index (χ0) is 28.2. The van der Waals surface area contributed by atoms with E-state index in [1.165, 1.54) is 31.2 Å². The number of hydrogen-bond donors (Lipinski definition) is 3. The number of rotatable bonds is 11. The van der Waals surface area contributed by atoms with Gasteiger partial charge in [0.1, 0.15) is 23.9 Å². The third-order valence-electron chi connectivity index (χ3n) is 6.07. The van der Waals surface area contributed by atoms with Crippen LogP contribution in [0.1, 0.15) is 23.4 Å². The van der Waals surface area contributed by atoms with Crippen molar-refractivity contribution >= 4 is 28.2 Å². The predicted octanol–water partition coefficient (Wildman–Crippen LogP) is 2.11. The number of nitrogens with zero attached hydrogens (tertiary/aromatic N) is 4. The molecule has 1 aliphatic carbocycles. The molecule has 5 rings (SSSR count). The van der Waals surface area contributed by atoms with Gasteiger partial charge >= 0.3 is 5.63 Å². The molecule has 1 aromatic carbocycles. The van der Waals surface area contributed by atoms with E-state index in [9.17, 15) is 14.7 Å². The number of methoxy groups -OCH3 is 2. The number of anilines is 2. The number of aromatic nitrogens is 4. The number of nitrogens with one attached hydrogen (secondary N) is 1. The molecule has 40 heavy (non-hydrogen) atoms. The topological polar surface area (TPSA) is 186 Å². The molecule has 0 aliphatic heterocycles. The van der Waals surface area contributed by atoms with Crippen LogP contribution in [0.2, 0.25) is 0 Å². The summed E-state index contributed by atoms with van der Waals surface area (Å²) in [5.41, 5.74) is 5.57. The minimum atomic E-state index is -0.892. The van der Waals surface area contributed by atoms with Crippen LogP contribution in [0.4, 0.5) is 10.9 Å². The Kier molecular flexibility index (Phi) is 7.95. The number of carbonyl (C=O) groups is 1. The second kappa shape index (κ2) is 11.7. The van der Waals surface area contributed by atoms with Gasteiger partial charge in [-0.15, -0.1) is 10.2 Å². The fraction of sp³-hybridized carbons (Fsp3) is 0.320. The molecule has 4 aromatic rings. The lowest BCUT2D eigenvalue weighted by molar-refractivity contribution is -0.0763. The minimum absolute atomic E-state index is 0.0253. The molecule has 0 bridgehead atoms. The monoisotopic (exact) mass is 570 g/mol. The first-order chi connectivity index (χ1) is 19.4. The SMILES string of the molecule is COc1cccc(OC)c1-c1cc(C(=O)Nc2nnc(-n3nccc3N)s2)oc(=O)c1OCCOC1CC(O)C1. The van der Waals surface area contributed by atoms with Crippen LogP contribution in [0.3, 0.4) is 0 Å². The van der Waals surface area contributed by atoms with Crippen molar-refractivity contribution in [3.63, 3.8) is 0 Å². The Morgan fingerprint density at radius 2 is 1.95 bits per heavy atom. The minimum Gasteiger partial charge on any atom is -0.496 e. The van der Waals surface area contributed by atoms with Gasteiger partial charge in [0.05, 0.1) is 44.8 Å². The van der Waals surface area contributed by atoms with Gasteiger partial charge < -0.3 is 34.2 Å². The summed E-state index contributed by atoms with van der Waals surface area (Å²) in [5.74, 6) is -0.0966. The highest BCUT2D eigenvalue weighted by molar-refractivity contribution is 7.17. The van der Waals surface area contributed by atoms with Crippen LogP contribution in [0.5, 0.6) is 17.2 Å². The van der Waals surface area contributed by atoms with Crippen LogP contribution in [-0.4, -0.2) is 70.6 Å². The van der Waals surface area contributed by atoms with E-state index in [4.69, 9.17) is 29.1 Å². The van der Waals surface area contributed by atoms with Crippen molar-refractivity contribution in [2.45, 2.75) is 25.0 Å². The van der Waals surface area contributed by atoms with E-state index in [-0.39, 0.29) is 47.6 Å². The lowest BCUT2D eigenvalue weighted by Gasteiger charge is -2.31. The number of hydrogen-bond acceptors (Lipinski definition) is 13. The largest absolute Gasteiger partial charge is 0.496 e. The molecule has 1 aliphatic rings. The number of nitrogen functional groups attached to an aromatic ring is 1. The molecule has 3 heterocycles.